The number of benzene rings is 1. The topological polar surface area (TPSA) is 66.8 Å². The number of aromatic carboxylic acids is 1. The van der Waals surface area contributed by atoms with Crippen LogP contribution in [0.3, 0.4) is 0 Å². The molecule has 1 aliphatic heterocycles. The number of likely N-dealkylation sites (N-methyl/N-ethyl adjacent to an activating group) is 1. The van der Waals surface area contributed by atoms with E-state index in [9.17, 15) is 9.00 Å². The number of halogens is 1. The van der Waals surface area contributed by atoms with Gasteiger partial charge in [-0.25, -0.2) is 4.79 Å². The quantitative estimate of drug-likeness (QED) is 0.881. The van der Waals surface area contributed by atoms with Gasteiger partial charge in [0, 0.05) is 22.5 Å². The molecule has 2 rings (SSSR count). The molecule has 20 heavy (non-hydrogen) atoms. The third kappa shape index (κ3) is 3.88. The Bertz CT molecular complexity index is 537. The van der Waals surface area contributed by atoms with E-state index in [1.54, 1.807) is 12.1 Å². The maximum absolute atomic E-state index is 12.3. The first-order valence-electron chi connectivity index (χ1n) is 6.18. The van der Waals surface area contributed by atoms with Crippen LogP contribution in [-0.2, 0) is 15.5 Å². The van der Waals surface area contributed by atoms with Gasteiger partial charge >= 0.3 is 5.97 Å². The van der Waals surface area contributed by atoms with Crippen LogP contribution in [0.15, 0.2) is 27.6 Å². The fourth-order valence-electron chi connectivity index (χ4n) is 2.04. The van der Waals surface area contributed by atoms with E-state index in [4.69, 9.17) is 9.84 Å². The lowest BCUT2D eigenvalue weighted by atomic mass is 10.2. The largest absolute Gasteiger partial charge is 0.478 e. The summed E-state index contributed by atoms with van der Waals surface area (Å²) in [5, 5.41) is 9.07. The summed E-state index contributed by atoms with van der Waals surface area (Å²) in [7, 11) is 0.734. The third-order valence-corrected chi connectivity index (χ3v) is 5.26. The van der Waals surface area contributed by atoms with E-state index in [0.29, 0.717) is 21.7 Å². The minimum atomic E-state index is -1.27. The lowest BCUT2D eigenvalue weighted by Crippen LogP contribution is -2.42. The van der Waals surface area contributed by atoms with E-state index in [1.165, 1.54) is 6.07 Å². The Kier molecular flexibility index (Phi) is 5.31. The van der Waals surface area contributed by atoms with Crippen LogP contribution in [-0.4, -0.2) is 58.8 Å². The lowest BCUT2D eigenvalue weighted by molar-refractivity contribution is -0.00640. The summed E-state index contributed by atoms with van der Waals surface area (Å²) in [6, 6.07) is 4.75. The van der Waals surface area contributed by atoms with Gasteiger partial charge in [-0.1, -0.05) is 0 Å². The monoisotopic (exact) mass is 361 g/mol. The van der Waals surface area contributed by atoms with E-state index < -0.39 is 16.8 Å². The van der Waals surface area contributed by atoms with Gasteiger partial charge in [-0.15, -0.1) is 0 Å². The predicted octanol–water partition coefficient (Wildman–Crippen LogP) is 1.59. The Morgan fingerprint density at radius 2 is 2.35 bits per heavy atom. The van der Waals surface area contributed by atoms with Crippen molar-refractivity contribution in [2.24, 2.45) is 0 Å². The van der Waals surface area contributed by atoms with Gasteiger partial charge in [0.25, 0.3) is 0 Å². The van der Waals surface area contributed by atoms with Crippen molar-refractivity contribution in [3.63, 3.8) is 0 Å². The van der Waals surface area contributed by atoms with Gasteiger partial charge in [0.05, 0.1) is 34.8 Å². The highest BCUT2D eigenvalue weighted by Gasteiger charge is 2.21. The highest BCUT2D eigenvalue weighted by molar-refractivity contribution is 9.10. The molecule has 1 aromatic rings. The van der Waals surface area contributed by atoms with Crippen molar-refractivity contribution in [3.05, 3.63) is 28.2 Å². The number of ether oxygens (including phenoxy) is 1. The van der Waals surface area contributed by atoms with Crippen LogP contribution in [0, 0.1) is 0 Å². The second-order valence-electron chi connectivity index (χ2n) is 4.71. The number of morpholine rings is 1. The minimum Gasteiger partial charge on any atom is -0.478 e. The molecular formula is C13H16BrNO4S. The summed E-state index contributed by atoms with van der Waals surface area (Å²) in [5.41, 5.74) is 0.123. The number of nitrogens with zero attached hydrogens (tertiary/aromatic N) is 1. The Labute approximate surface area is 128 Å². The molecule has 2 unspecified atom stereocenters. The third-order valence-electron chi connectivity index (χ3n) is 3.11. The first kappa shape index (κ1) is 15.6. The highest BCUT2D eigenvalue weighted by Crippen LogP contribution is 2.21. The summed E-state index contributed by atoms with van der Waals surface area (Å²) >= 11 is 3.18. The zero-order chi connectivity index (χ0) is 14.7. The van der Waals surface area contributed by atoms with E-state index in [1.807, 2.05) is 7.05 Å². The van der Waals surface area contributed by atoms with Crippen molar-refractivity contribution in [1.29, 1.82) is 0 Å². The Hall–Kier alpha value is -0.760. The molecule has 1 fully saturated rings. The number of carbonyl (C=O) groups is 1. The molecule has 7 heteroatoms. The molecule has 110 valence electrons. The summed E-state index contributed by atoms with van der Waals surface area (Å²) < 4.78 is 18.4. The molecule has 0 radical (unpaired) electrons. The Morgan fingerprint density at radius 3 is 3.00 bits per heavy atom. The van der Waals surface area contributed by atoms with Crippen molar-refractivity contribution < 1.29 is 18.8 Å². The molecule has 1 aliphatic rings. The first-order valence-corrected chi connectivity index (χ1v) is 8.30. The molecule has 0 bridgehead atoms. The lowest BCUT2D eigenvalue weighted by Gasteiger charge is -2.29. The van der Waals surface area contributed by atoms with E-state index in [-0.39, 0.29) is 11.7 Å². The second kappa shape index (κ2) is 6.80. The van der Waals surface area contributed by atoms with Crippen LogP contribution in [0.1, 0.15) is 10.4 Å². The molecular weight excluding hydrogens is 346 g/mol. The highest BCUT2D eigenvalue weighted by atomic mass is 79.9. The summed E-state index contributed by atoms with van der Waals surface area (Å²) in [6.07, 6.45) is -0.0773. The number of carboxylic acid groups (broad SMARTS) is 1. The van der Waals surface area contributed by atoms with Gasteiger partial charge in [0.1, 0.15) is 0 Å². The first-order chi connectivity index (χ1) is 9.47. The van der Waals surface area contributed by atoms with Crippen LogP contribution < -0.4 is 0 Å². The van der Waals surface area contributed by atoms with Crippen LogP contribution in [0.2, 0.25) is 0 Å². The number of hydrogen-bond acceptors (Lipinski definition) is 4. The standard InChI is InChI=1S/C13H16BrNO4S/c1-15-4-5-19-9(7-15)8-20(18)10-2-3-12(14)11(6-10)13(16)17/h2-3,6,9H,4-5,7-8H2,1H3,(H,16,17). The van der Waals surface area contributed by atoms with Gasteiger partial charge in [-0.2, -0.15) is 0 Å². The van der Waals surface area contributed by atoms with Crippen LogP contribution in [0.5, 0.6) is 0 Å². The van der Waals surface area contributed by atoms with Gasteiger partial charge in [0.15, 0.2) is 0 Å². The van der Waals surface area contributed by atoms with E-state index in [0.717, 1.165) is 13.1 Å². The molecule has 1 heterocycles. The van der Waals surface area contributed by atoms with Gasteiger partial charge in [-0.05, 0) is 41.2 Å². The van der Waals surface area contributed by atoms with Crippen LogP contribution in [0.25, 0.3) is 0 Å². The molecule has 5 nitrogen and oxygen atoms in total. The van der Waals surface area contributed by atoms with Crippen molar-refractivity contribution >= 4 is 32.7 Å². The zero-order valence-electron chi connectivity index (χ0n) is 11.0. The maximum atomic E-state index is 12.3. The Balaban J connectivity index is 2.09. The molecule has 1 N–H and O–H groups in total. The zero-order valence-corrected chi connectivity index (χ0v) is 13.4. The number of rotatable bonds is 4. The maximum Gasteiger partial charge on any atom is 0.336 e. The van der Waals surface area contributed by atoms with Crippen molar-refractivity contribution in [3.8, 4) is 0 Å². The summed E-state index contributed by atoms with van der Waals surface area (Å²) in [4.78, 5) is 13.7. The predicted molar refractivity (Wildman–Crippen MR) is 79.6 cm³/mol. The normalized spacial score (nSPS) is 21.6. The van der Waals surface area contributed by atoms with Crippen molar-refractivity contribution in [2.45, 2.75) is 11.0 Å². The van der Waals surface area contributed by atoms with Crippen LogP contribution in [0.4, 0.5) is 0 Å². The van der Waals surface area contributed by atoms with Crippen molar-refractivity contribution in [2.75, 3.05) is 32.5 Å². The average Bonchev–Trinajstić information content (AvgIpc) is 2.38. The smallest absolute Gasteiger partial charge is 0.336 e. The van der Waals surface area contributed by atoms with E-state index >= 15 is 0 Å². The average molecular weight is 362 g/mol. The molecule has 0 aliphatic carbocycles. The molecule has 0 spiro atoms. The molecule has 1 aromatic carbocycles. The number of hydrogen-bond donors (Lipinski definition) is 1. The van der Waals surface area contributed by atoms with Crippen molar-refractivity contribution in [1.82, 2.24) is 4.90 Å². The van der Waals surface area contributed by atoms with Gasteiger partial charge < -0.3 is 14.7 Å². The van der Waals surface area contributed by atoms with Gasteiger partial charge in [-0.3, -0.25) is 4.21 Å². The molecule has 2 atom stereocenters. The Morgan fingerprint density at radius 1 is 1.60 bits per heavy atom. The van der Waals surface area contributed by atoms with Crippen LogP contribution >= 0.6 is 15.9 Å². The fraction of sp³-hybridized carbons (Fsp3) is 0.462. The molecule has 0 saturated carbocycles. The molecule has 1 saturated heterocycles. The minimum absolute atomic E-state index is 0.0773. The molecule has 0 amide bonds. The molecule has 0 aromatic heterocycles. The number of carboxylic acids is 1. The SMILES string of the molecule is CN1CCOC(CS(=O)c2ccc(Br)c(C(=O)O)c2)C1. The summed E-state index contributed by atoms with van der Waals surface area (Å²) in [5.74, 6) is -0.658. The van der Waals surface area contributed by atoms with Gasteiger partial charge in [0.2, 0.25) is 0 Å². The second-order valence-corrected chi connectivity index (χ2v) is 7.06. The fourth-order valence-corrected chi connectivity index (χ4v) is 3.66. The summed E-state index contributed by atoms with van der Waals surface area (Å²) in [6.45, 7) is 2.26. The van der Waals surface area contributed by atoms with E-state index in [2.05, 4.69) is 20.8 Å².